The molecule has 0 saturated carbocycles. The maximum atomic E-state index is 12.9. The van der Waals surface area contributed by atoms with Crippen molar-refractivity contribution in [3.63, 3.8) is 0 Å². The highest BCUT2D eigenvalue weighted by Gasteiger charge is 2.65. The van der Waals surface area contributed by atoms with Crippen molar-refractivity contribution >= 4 is 11.9 Å². The molecule has 1 amide bonds. The van der Waals surface area contributed by atoms with E-state index in [1.54, 1.807) is 6.08 Å². The van der Waals surface area contributed by atoms with Crippen LogP contribution in [-0.4, -0.2) is 41.6 Å². The van der Waals surface area contributed by atoms with Gasteiger partial charge in [-0.15, -0.1) is 0 Å². The first kappa shape index (κ1) is 15.9. The van der Waals surface area contributed by atoms with E-state index in [1.165, 1.54) is 5.57 Å². The fraction of sp³-hybridized carbons (Fsp3) is 0.684. The number of carboxylic acid groups (broad SMARTS) is 1. The number of aliphatic carboxylic acids is 1. The van der Waals surface area contributed by atoms with Gasteiger partial charge < -0.3 is 19.5 Å². The van der Waals surface area contributed by atoms with Crippen LogP contribution in [0.1, 0.15) is 27.2 Å². The van der Waals surface area contributed by atoms with Crippen molar-refractivity contribution in [2.75, 3.05) is 13.1 Å². The normalized spacial score (nSPS) is 46.4. The van der Waals surface area contributed by atoms with Crippen LogP contribution < -0.4 is 5.11 Å². The number of nitrogens with zero attached hydrogens (tertiary/aromatic N) is 1. The van der Waals surface area contributed by atoms with Gasteiger partial charge in [-0.1, -0.05) is 37.6 Å². The summed E-state index contributed by atoms with van der Waals surface area (Å²) in [5.41, 5.74) is 0.663. The summed E-state index contributed by atoms with van der Waals surface area (Å²) in [6.45, 7) is 7.74. The van der Waals surface area contributed by atoms with E-state index in [2.05, 4.69) is 26.8 Å². The van der Waals surface area contributed by atoms with Crippen LogP contribution in [0.3, 0.4) is 0 Å². The van der Waals surface area contributed by atoms with Crippen molar-refractivity contribution in [1.29, 1.82) is 0 Å². The molecule has 2 saturated heterocycles. The first-order valence-electron chi connectivity index (χ1n) is 8.86. The Bertz CT molecular complexity index is 654. The first-order valence-corrected chi connectivity index (χ1v) is 8.86. The van der Waals surface area contributed by atoms with E-state index in [0.29, 0.717) is 30.8 Å². The van der Waals surface area contributed by atoms with E-state index in [-0.39, 0.29) is 5.91 Å². The lowest BCUT2D eigenvalue weighted by molar-refractivity contribution is -0.313. The third-order valence-corrected chi connectivity index (χ3v) is 6.48. The van der Waals surface area contributed by atoms with Crippen molar-refractivity contribution in [2.45, 2.75) is 38.9 Å². The number of carbonyl (C=O) groups excluding carboxylic acids is 2. The molecule has 4 aliphatic rings. The number of allylic oxidation sites excluding steroid dienone is 2. The summed E-state index contributed by atoms with van der Waals surface area (Å²) in [5.74, 6) is -1.40. The molecule has 3 aliphatic heterocycles. The minimum atomic E-state index is -1.18. The van der Waals surface area contributed by atoms with Gasteiger partial charge in [-0.2, -0.15) is 0 Å². The van der Waals surface area contributed by atoms with Gasteiger partial charge in [-0.3, -0.25) is 4.79 Å². The SMILES string of the molecule is CC1=C[C@@H](C)[C@H](CN2C[C@@]34C=C[C@H](O3)[C@H](C(=O)[O-])[C@@H]4C2=O)[C@@H](C)C1. The molecule has 1 aliphatic carbocycles. The molecule has 24 heavy (non-hydrogen) atoms. The first-order chi connectivity index (χ1) is 11.3. The Morgan fingerprint density at radius 2 is 2.21 bits per heavy atom. The highest BCUT2D eigenvalue weighted by molar-refractivity contribution is 5.90. The zero-order valence-electron chi connectivity index (χ0n) is 14.4. The van der Waals surface area contributed by atoms with E-state index in [4.69, 9.17) is 4.74 Å². The Labute approximate surface area is 142 Å². The Morgan fingerprint density at radius 1 is 1.46 bits per heavy atom. The van der Waals surface area contributed by atoms with Gasteiger partial charge in [0.1, 0.15) is 5.60 Å². The minimum Gasteiger partial charge on any atom is -0.550 e. The lowest BCUT2D eigenvalue weighted by Crippen LogP contribution is -2.45. The van der Waals surface area contributed by atoms with Gasteiger partial charge in [0.15, 0.2) is 0 Å². The number of hydrogen-bond acceptors (Lipinski definition) is 4. The number of fused-ring (bicyclic) bond motifs is 1. The van der Waals surface area contributed by atoms with Gasteiger partial charge in [-0.05, 0) is 31.1 Å². The molecule has 130 valence electrons. The molecule has 0 aromatic carbocycles. The number of amides is 1. The fourth-order valence-electron chi connectivity index (χ4n) is 5.42. The summed E-state index contributed by atoms with van der Waals surface area (Å²) < 4.78 is 5.91. The molecule has 2 bridgehead atoms. The van der Waals surface area contributed by atoms with Gasteiger partial charge in [0, 0.05) is 18.4 Å². The summed E-state index contributed by atoms with van der Waals surface area (Å²) in [7, 11) is 0. The van der Waals surface area contributed by atoms with Gasteiger partial charge in [0.25, 0.3) is 0 Å². The Morgan fingerprint density at radius 3 is 2.88 bits per heavy atom. The van der Waals surface area contributed by atoms with E-state index in [0.717, 1.165) is 6.42 Å². The van der Waals surface area contributed by atoms with Crippen LogP contribution in [0.2, 0.25) is 0 Å². The van der Waals surface area contributed by atoms with Gasteiger partial charge in [0.05, 0.1) is 18.6 Å². The van der Waals surface area contributed by atoms with Crippen LogP contribution in [0.15, 0.2) is 23.8 Å². The second kappa shape index (κ2) is 5.19. The molecule has 1 spiro atoms. The third kappa shape index (κ3) is 2.10. The predicted octanol–water partition coefficient (Wildman–Crippen LogP) is 0.757. The maximum absolute atomic E-state index is 12.9. The van der Waals surface area contributed by atoms with Crippen LogP contribution in [0.25, 0.3) is 0 Å². The average molecular weight is 330 g/mol. The molecule has 3 heterocycles. The van der Waals surface area contributed by atoms with Crippen molar-refractivity contribution in [3.8, 4) is 0 Å². The monoisotopic (exact) mass is 330 g/mol. The molecule has 0 N–H and O–H groups in total. The molecule has 5 nitrogen and oxygen atoms in total. The number of likely N-dealkylation sites (tertiary alicyclic amines) is 1. The average Bonchev–Trinajstić information content (AvgIpc) is 3.11. The maximum Gasteiger partial charge on any atom is 0.229 e. The lowest BCUT2D eigenvalue weighted by atomic mass is 9.75. The lowest BCUT2D eigenvalue weighted by Gasteiger charge is -2.36. The Hall–Kier alpha value is -1.62. The van der Waals surface area contributed by atoms with Gasteiger partial charge in [0.2, 0.25) is 5.91 Å². The number of carboxylic acids is 1. The predicted molar refractivity (Wildman–Crippen MR) is 85.5 cm³/mol. The smallest absolute Gasteiger partial charge is 0.229 e. The van der Waals surface area contributed by atoms with E-state index in [9.17, 15) is 14.7 Å². The molecular formula is C19H24NO4-. The summed E-state index contributed by atoms with van der Waals surface area (Å²) in [5, 5.41) is 11.5. The van der Waals surface area contributed by atoms with E-state index in [1.807, 2.05) is 11.0 Å². The second-order valence-electron chi connectivity index (χ2n) is 8.16. The van der Waals surface area contributed by atoms with Crippen LogP contribution in [0.5, 0.6) is 0 Å². The molecule has 5 heteroatoms. The van der Waals surface area contributed by atoms with Gasteiger partial charge in [-0.25, -0.2) is 0 Å². The quantitative estimate of drug-likeness (QED) is 0.716. The topological polar surface area (TPSA) is 69.7 Å². The van der Waals surface area contributed by atoms with Crippen molar-refractivity contribution in [3.05, 3.63) is 23.8 Å². The number of rotatable bonds is 3. The summed E-state index contributed by atoms with van der Waals surface area (Å²) in [6.07, 6.45) is 6.54. The van der Waals surface area contributed by atoms with Crippen LogP contribution in [-0.2, 0) is 14.3 Å². The van der Waals surface area contributed by atoms with Crippen LogP contribution in [0.4, 0.5) is 0 Å². The van der Waals surface area contributed by atoms with Crippen LogP contribution in [0, 0.1) is 29.6 Å². The molecule has 7 atom stereocenters. The second-order valence-corrected chi connectivity index (χ2v) is 8.16. The number of carbonyl (C=O) groups is 2. The summed E-state index contributed by atoms with van der Waals surface area (Å²) >= 11 is 0. The standard InChI is InChI=1S/C19H25NO4/c1-10-6-11(2)13(12(3)7-10)8-20-9-19-5-4-14(24-19)15(18(22)23)16(19)17(20)21/h4-6,11-16H,7-9H2,1-3H3,(H,22,23)/p-1/t11-,12+,13+,14+,15+,16-,19-/m1/s1. The van der Waals surface area contributed by atoms with E-state index >= 15 is 0 Å². The zero-order valence-corrected chi connectivity index (χ0v) is 14.4. The fourth-order valence-corrected chi connectivity index (χ4v) is 5.42. The molecule has 0 aromatic heterocycles. The van der Waals surface area contributed by atoms with Crippen molar-refractivity contribution in [1.82, 2.24) is 4.90 Å². The number of hydrogen-bond donors (Lipinski definition) is 0. The molecule has 0 aromatic rings. The highest BCUT2D eigenvalue weighted by Crippen LogP contribution is 2.52. The van der Waals surface area contributed by atoms with Crippen LogP contribution >= 0.6 is 0 Å². The van der Waals surface area contributed by atoms with Crippen molar-refractivity contribution in [2.24, 2.45) is 29.6 Å². The molecule has 4 rings (SSSR count). The minimum absolute atomic E-state index is 0.0817. The molecule has 0 unspecified atom stereocenters. The molecular weight excluding hydrogens is 306 g/mol. The highest BCUT2D eigenvalue weighted by atomic mass is 16.5. The van der Waals surface area contributed by atoms with E-state index < -0.39 is 29.5 Å². The van der Waals surface area contributed by atoms with Gasteiger partial charge >= 0.3 is 0 Å². The molecule has 0 radical (unpaired) electrons. The summed E-state index contributed by atoms with van der Waals surface area (Å²) in [4.78, 5) is 26.3. The zero-order chi connectivity index (χ0) is 17.2. The summed E-state index contributed by atoms with van der Waals surface area (Å²) in [6, 6.07) is 0. The van der Waals surface area contributed by atoms with Crippen molar-refractivity contribution < 1.29 is 19.4 Å². The largest absolute Gasteiger partial charge is 0.550 e. The molecule has 2 fully saturated rings. The number of ether oxygens (including phenoxy) is 1. The Kier molecular flexibility index (Phi) is 3.43. The Balaban J connectivity index is 1.56. The third-order valence-electron chi connectivity index (χ3n) is 6.48.